The summed E-state index contributed by atoms with van der Waals surface area (Å²) in [5.41, 5.74) is 0.448. The third kappa shape index (κ3) is 7.56. The summed E-state index contributed by atoms with van der Waals surface area (Å²) in [6.45, 7) is 5.73. The fourth-order valence-corrected chi connectivity index (χ4v) is 2.22. The lowest BCUT2D eigenvalue weighted by atomic mass is 10.0. The van der Waals surface area contributed by atoms with Gasteiger partial charge in [0.05, 0.1) is 6.61 Å². The van der Waals surface area contributed by atoms with E-state index in [-0.39, 0.29) is 5.56 Å². The second kappa shape index (κ2) is 12.8. The molecule has 0 aliphatic rings. The summed E-state index contributed by atoms with van der Waals surface area (Å²) >= 11 is 0. The van der Waals surface area contributed by atoms with Crippen molar-refractivity contribution in [3.63, 3.8) is 0 Å². The molecule has 0 amide bonds. The summed E-state index contributed by atoms with van der Waals surface area (Å²) in [6.07, 6.45) is 8.71. The summed E-state index contributed by atoms with van der Waals surface area (Å²) in [6, 6.07) is 3.05. The molecule has 0 spiro atoms. The van der Waals surface area contributed by atoms with E-state index in [2.05, 4.69) is 6.92 Å². The number of aliphatic hydroxyl groups is 1. The zero-order valence-electron chi connectivity index (χ0n) is 13.7. The van der Waals surface area contributed by atoms with Crippen LogP contribution in [0.15, 0.2) is 12.1 Å². The summed E-state index contributed by atoms with van der Waals surface area (Å²) in [7, 11) is 0. The maximum atomic E-state index is 13.6. The quantitative estimate of drug-likeness (QED) is 0.573. The zero-order chi connectivity index (χ0) is 16.1. The second-order valence-corrected chi connectivity index (χ2v) is 5.04. The molecule has 0 saturated carbocycles. The molecule has 3 heteroatoms. The molecule has 0 aromatic heterocycles. The Morgan fingerprint density at radius 2 is 1.29 bits per heavy atom. The van der Waals surface area contributed by atoms with Crippen LogP contribution < -0.4 is 0 Å². The molecular weight excluding hydrogens is 270 g/mol. The van der Waals surface area contributed by atoms with Crippen molar-refractivity contribution in [3.05, 3.63) is 34.9 Å². The molecule has 0 aliphatic heterocycles. The number of benzene rings is 1. The van der Waals surface area contributed by atoms with Crippen LogP contribution >= 0.6 is 0 Å². The van der Waals surface area contributed by atoms with E-state index in [4.69, 9.17) is 5.11 Å². The lowest BCUT2D eigenvalue weighted by Crippen LogP contribution is -2.00. The standard InChI is InChI=1S/C16H24F2O.C2H6/c1-2-3-4-5-6-7-8-9-13-10-11-14(12-19)16(18)15(13)17;1-2/h10-11,19H,2-9,12H2,1H3;1-2H3. The van der Waals surface area contributed by atoms with Crippen molar-refractivity contribution in [1.82, 2.24) is 0 Å². The van der Waals surface area contributed by atoms with Crippen LogP contribution in [0, 0.1) is 11.6 Å². The van der Waals surface area contributed by atoms with Crippen molar-refractivity contribution < 1.29 is 13.9 Å². The first kappa shape index (κ1) is 20.0. The van der Waals surface area contributed by atoms with Gasteiger partial charge in [0.2, 0.25) is 0 Å². The van der Waals surface area contributed by atoms with E-state index in [1.54, 1.807) is 6.07 Å². The van der Waals surface area contributed by atoms with Gasteiger partial charge in [0.1, 0.15) is 0 Å². The lowest BCUT2D eigenvalue weighted by Gasteiger charge is -2.07. The van der Waals surface area contributed by atoms with Crippen molar-refractivity contribution in [2.45, 2.75) is 78.7 Å². The predicted octanol–water partition coefficient (Wildman–Crippen LogP) is 5.78. The minimum Gasteiger partial charge on any atom is -0.392 e. The Hall–Kier alpha value is -0.960. The predicted molar refractivity (Wildman–Crippen MR) is 85.3 cm³/mol. The molecule has 1 aromatic carbocycles. The molecule has 1 aromatic rings. The lowest BCUT2D eigenvalue weighted by molar-refractivity contribution is 0.273. The van der Waals surface area contributed by atoms with Crippen LogP contribution in [0.1, 0.15) is 76.8 Å². The normalized spacial score (nSPS) is 10.2. The van der Waals surface area contributed by atoms with E-state index in [1.807, 2.05) is 13.8 Å². The summed E-state index contributed by atoms with van der Waals surface area (Å²) in [4.78, 5) is 0. The van der Waals surface area contributed by atoms with Crippen LogP contribution in [0.4, 0.5) is 8.78 Å². The number of unbranched alkanes of at least 4 members (excludes halogenated alkanes) is 6. The van der Waals surface area contributed by atoms with Crippen molar-refractivity contribution >= 4 is 0 Å². The van der Waals surface area contributed by atoms with Gasteiger partial charge < -0.3 is 5.11 Å². The summed E-state index contributed by atoms with van der Waals surface area (Å²) in [5.74, 6) is -1.69. The molecule has 122 valence electrons. The highest BCUT2D eigenvalue weighted by atomic mass is 19.2. The molecule has 0 unspecified atom stereocenters. The van der Waals surface area contributed by atoms with Crippen molar-refractivity contribution in [1.29, 1.82) is 0 Å². The van der Waals surface area contributed by atoms with Crippen molar-refractivity contribution in [2.24, 2.45) is 0 Å². The Morgan fingerprint density at radius 1 is 0.810 bits per heavy atom. The number of hydrogen-bond donors (Lipinski definition) is 1. The van der Waals surface area contributed by atoms with E-state index >= 15 is 0 Å². The molecule has 21 heavy (non-hydrogen) atoms. The van der Waals surface area contributed by atoms with Gasteiger partial charge in [-0.3, -0.25) is 0 Å². The van der Waals surface area contributed by atoms with Crippen molar-refractivity contribution in [3.8, 4) is 0 Å². The Kier molecular flexibility index (Phi) is 12.2. The van der Waals surface area contributed by atoms with Crippen LogP contribution in [0.2, 0.25) is 0 Å². The zero-order valence-corrected chi connectivity index (χ0v) is 13.7. The van der Waals surface area contributed by atoms with Gasteiger partial charge in [-0.15, -0.1) is 0 Å². The largest absolute Gasteiger partial charge is 0.392 e. The molecule has 0 aliphatic carbocycles. The molecule has 0 radical (unpaired) electrons. The maximum Gasteiger partial charge on any atom is 0.164 e. The van der Waals surface area contributed by atoms with Crippen molar-refractivity contribution in [2.75, 3.05) is 0 Å². The van der Waals surface area contributed by atoms with Gasteiger partial charge >= 0.3 is 0 Å². The van der Waals surface area contributed by atoms with Gasteiger partial charge in [-0.2, -0.15) is 0 Å². The first-order valence-corrected chi connectivity index (χ1v) is 8.27. The number of aliphatic hydroxyl groups excluding tert-OH is 1. The Labute approximate surface area is 128 Å². The summed E-state index contributed by atoms with van der Waals surface area (Å²) < 4.78 is 27.1. The number of halogens is 2. The number of hydrogen-bond acceptors (Lipinski definition) is 1. The molecule has 0 saturated heterocycles. The minimum atomic E-state index is -0.900. The Balaban J connectivity index is 0.00000191. The minimum absolute atomic E-state index is 0.0285. The molecule has 0 fully saturated rings. The van der Waals surface area contributed by atoms with Crippen LogP contribution in [0.25, 0.3) is 0 Å². The van der Waals surface area contributed by atoms with Gasteiger partial charge in [0.15, 0.2) is 11.6 Å². The maximum absolute atomic E-state index is 13.6. The van der Waals surface area contributed by atoms with Crippen LogP contribution in [-0.2, 0) is 13.0 Å². The fourth-order valence-electron chi connectivity index (χ4n) is 2.22. The van der Waals surface area contributed by atoms with Gasteiger partial charge in [-0.05, 0) is 18.4 Å². The molecular formula is C18H30F2O. The number of aryl methyl sites for hydroxylation is 1. The molecule has 0 bridgehead atoms. The first-order chi connectivity index (χ1) is 10.2. The molecule has 1 N–H and O–H groups in total. The van der Waals surface area contributed by atoms with Gasteiger partial charge in [-0.25, -0.2) is 8.78 Å². The van der Waals surface area contributed by atoms with Crippen LogP contribution in [0.5, 0.6) is 0 Å². The third-order valence-corrected chi connectivity index (χ3v) is 3.46. The van der Waals surface area contributed by atoms with E-state index in [1.165, 1.54) is 38.2 Å². The van der Waals surface area contributed by atoms with Gasteiger partial charge in [0, 0.05) is 5.56 Å². The van der Waals surface area contributed by atoms with E-state index < -0.39 is 18.2 Å². The highest BCUT2D eigenvalue weighted by Gasteiger charge is 2.12. The third-order valence-electron chi connectivity index (χ3n) is 3.46. The Morgan fingerprint density at radius 3 is 1.86 bits per heavy atom. The Bertz CT molecular complexity index is 378. The van der Waals surface area contributed by atoms with E-state index in [0.717, 1.165) is 12.8 Å². The monoisotopic (exact) mass is 300 g/mol. The fraction of sp³-hybridized carbons (Fsp3) is 0.667. The van der Waals surface area contributed by atoms with Gasteiger partial charge in [0.25, 0.3) is 0 Å². The SMILES string of the molecule is CC.CCCCCCCCCc1ccc(CO)c(F)c1F. The number of rotatable bonds is 9. The molecule has 0 heterocycles. The molecule has 0 atom stereocenters. The van der Waals surface area contributed by atoms with E-state index in [9.17, 15) is 8.78 Å². The smallest absolute Gasteiger partial charge is 0.164 e. The molecule has 1 nitrogen and oxygen atoms in total. The second-order valence-electron chi connectivity index (χ2n) is 5.04. The highest BCUT2D eigenvalue weighted by molar-refractivity contribution is 5.26. The van der Waals surface area contributed by atoms with Crippen LogP contribution in [0.3, 0.4) is 0 Å². The topological polar surface area (TPSA) is 20.2 Å². The molecule has 1 rings (SSSR count). The van der Waals surface area contributed by atoms with E-state index in [0.29, 0.717) is 12.0 Å². The van der Waals surface area contributed by atoms with Crippen LogP contribution in [-0.4, -0.2) is 5.11 Å². The first-order valence-electron chi connectivity index (χ1n) is 8.27. The summed E-state index contributed by atoms with van der Waals surface area (Å²) in [5, 5.41) is 8.84. The highest BCUT2D eigenvalue weighted by Crippen LogP contribution is 2.19. The average Bonchev–Trinajstić information content (AvgIpc) is 2.52. The van der Waals surface area contributed by atoms with Gasteiger partial charge in [-0.1, -0.05) is 71.4 Å². The average molecular weight is 300 g/mol.